The smallest absolute Gasteiger partial charge is 0.0246 e. The molecule has 0 spiro atoms. The van der Waals surface area contributed by atoms with Crippen LogP contribution in [-0.4, -0.2) is 30.1 Å². The zero-order chi connectivity index (χ0) is 10.7. The molecule has 0 aromatic carbocycles. The monoisotopic (exact) mass is 198 g/mol. The second-order valence-electron chi connectivity index (χ2n) is 5.15. The topological polar surface area (TPSA) is 29.3 Å². The van der Waals surface area contributed by atoms with Crippen LogP contribution in [0.15, 0.2) is 0 Å². The lowest BCUT2D eigenvalue weighted by Crippen LogP contribution is -2.53. The van der Waals surface area contributed by atoms with Crippen molar-refractivity contribution in [1.29, 1.82) is 0 Å². The van der Waals surface area contributed by atoms with Crippen molar-refractivity contribution in [3.05, 3.63) is 0 Å². The molecule has 3 unspecified atom stereocenters. The summed E-state index contributed by atoms with van der Waals surface area (Å²) in [5.41, 5.74) is 5.88. The zero-order valence-corrected chi connectivity index (χ0v) is 10.2. The minimum atomic E-state index is 0.612. The first-order chi connectivity index (χ1) is 6.57. The minimum absolute atomic E-state index is 0.612. The molecule has 14 heavy (non-hydrogen) atoms. The van der Waals surface area contributed by atoms with Crippen molar-refractivity contribution in [2.45, 2.75) is 52.6 Å². The summed E-state index contributed by atoms with van der Waals surface area (Å²) < 4.78 is 0. The van der Waals surface area contributed by atoms with Gasteiger partial charge in [-0.1, -0.05) is 20.8 Å². The fourth-order valence-electron chi connectivity index (χ4n) is 2.54. The summed E-state index contributed by atoms with van der Waals surface area (Å²) in [7, 11) is 0. The molecular weight excluding hydrogens is 172 g/mol. The van der Waals surface area contributed by atoms with Crippen LogP contribution >= 0.6 is 0 Å². The van der Waals surface area contributed by atoms with Crippen LogP contribution in [0.1, 0.15) is 40.5 Å². The first-order valence-corrected chi connectivity index (χ1v) is 6.03. The molecule has 3 atom stereocenters. The molecule has 0 radical (unpaired) electrons. The van der Waals surface area contributed by atoms with Gasteiger partial charge >= 0.3 is 0 Å². The Hall–Kier alpha value is -0.0800. The van der Waals surface area contributed by atoms with Crippen molar-refractivity contribution >= 4 is 0 Å². The van der Waals surface area contributed by atoms with E-state index >= 15 is 0 Å². The summed E-state index contributed by atoms with van der Waals surface area (Å²) in [5, 5.41) is 0. The van der Waals surface area contributed by atoms with E-state index in [1.165, 1.54) is 19.4 Å². The average Bonchev–Trinajstić information content (AvgIpc) is 2.16. The molecule has 1 saturated heterocycles. The van der Waals surface area contributed by atoms with Gasteiger partial charge in [0.15, 0.2) is 0 Å². The highest BCUT2D eigenvalue weighted by Crippen LogP contribution is 2.26. The van der Waals surface area contributed by atoms with Gasteiger partial charge < -0.3 is 5.73 Å². The largest absolute Gasteiger partial charge is 0.329 e. The summed E-state index contributed by atoms with van der Waals surface area (Å²) in [6.45, 7) is 11.3. The van der Waals surface area contributed by atoms with Gasteiger partial charge in [0, 0.05) is 18.6 Å². The van der Waals surface area contributed by atoms with Crippen LogP contribution in [0.2, 0.25) is 0 Å². The highest BCUT2D eigenvalue weighted by atomic mass is 15.2. The van der Waals surface area contributed by atoms with Crippen molar-refractivity contribution in [2.24, 2.45) is 17.6 Å². The Morgan fingerprint density at radius 3 is 2.50 bits per heavy atom. The molecule has 1 rings (SSSR count). The first kappa shape index (κ1) is 12.0. The second-order valence-corrected chi connectivity index (χ2v) is 5.15. The van der Waals surface area contributed by atoms with E-state index in [9.17, 15) is 0 Å². The third-order valence-electron chi connectivity index (χ3n) is 3.89. The summed E-state index contributed by atoms with van der Waals surface area (Å²) >= 11 is 0. The summed E-state index contributed by atoms with van der Waals surface area (Å²) in [5.74, 6) is 1.50. The number of hydrogen-bond acceptors (Lipinski definition) is 2. The van der Waals surface area contributed by atoms with Crippen molar-refractivity contribution in [3.63, 3.8) is 0 Å². The van der Waals surface area contributed by atoms with Crippen molar-refractivity contribution < 1.29 is 0 Å². The average molecular weight is 198 g/mol. The van der Waals surface area contributed by atoms with Gasteiger partial charge in [0.1, 0.15) is 0 Å². The third kappa shape index (κ3) is 2.48. The Bertz CT molecular complexity index is 168. The highest BCUT2D eigenvalue weighted by molar-refractivity contribution is 4.86. The summed E-state index contributed by atoms with van der Waals surface area (Å²) in [6, 6.07) is 1.28. The van der Waals surface area contributed by atoms with Gasteiger partial charge in [0.05, 0.1) is 0 Å². The van der Waals surface area contributed by atoms with Crippen molar-refractivity contribution in [3.8, 4) is 0 Å². The van der Waals surface area contributed by atoms with Gasteiger partial charge in [-0.25, -0.2) is 0 Å². The fourth-order valence-corrected chi connectivity index (χ4v) is 2.54. The molecule has 1 aliphatic rings. The van der Waals surface area contributed by atoms with Crippen molar-refractivity contribution in [2.75, 3.05) is 13.1 Å². The Morgan fingerprint density at radius 2 is 2.00 bits per heavy atom. The Morgan fingerprint density at radius 1 is 1.36 bits per heavy atom. The van der Waals surface area contributed by atoms with Crippen LogP contribution in [0.3, 0.4) is 0 Å². The van der Waals surface area contributed by atoms with E-state index in [2.05, 4.69) is 32.6 Å². The highest BCUT2D eigenvalue weighted by Gasteiger charge is 2.31. The maximum absolute atomic E-state index is 5.88. The second kappa shape index (κ2) is 5.13. The standard InChI is InChI=1S/C12H26N2/c1-9(2)11(4)14-7-5-6-10(3)12(14)8-13/h9-12H,5-8,13H2,1-4H3. The molecule has 2 heteroatoms. The molecule has 0 aromatic rings. The third-order valence-corrected chi connectivity index (χ3v) is 3.89. The van der Waals surface area contributed by atoms with E-state index in [-0.39, 0.29) is 0 Å². The number of nitrogens with two attached hydrogens (primary N) is 1. The number of likely N-dealkylation sites (tertiary alicyclic amines) is 1. The molecule has 0 saturated carbocycles. The van der Waals surface area contributed by atoms with Gasteiger partial charge in [-0.05, 0) is 38.1 Å². The van der Waals surface area contributed by atoms with Crippen molar-refractivity contribution in [1.82, 2.24) is 4.90 Å². The molecule has 0 bridgehead atoms. The Kier molecular flexibility index (Phi) is 4.39. The number of hydrogen-bond donors (Lipinski definition) is 1. The van der Waals surface area contributed by atoms with Crippen LogP contribution in [-0.2, 0) is 0 Å². The van der Waals surface area contributed by atoms with Crippen LogP contribution in [0.5, 0.6) is 0 Å². The van der Waals surface area contributed by atoms with E-state index in [1.807, 2.05) is 0 Å². The van der Waals surface area contributed by atoms with Crippen LogP contribution in [0.25, 0.3) is 0 Å². The Labute approximate surface area is 88.8 Å². The van der Waals surface area contributed by atoms with Gasteiger partial charge in [0.2, 0.25) is 0 Å². The summed E-state index contributed by atoms with van der Waals surface area (Å²) in [6.07, 6.45) is 2.69. The maximum Gasteiger partial charge on any atom is 0.0246 e. The number of piperidine rings is 1. The number of nitrogens with zero attached hydrogens (tertiary/aromatic N) is 1. The predicted molar refractivity (Wildman–Crippen MR) is 62.2 cm³/mol. The fraction of sp³-hybridized carbons (Fsp3) is 1.00. The van der Waals surface area contributed by atoms with E-state index in [0.717, 1.165) is 18.4 Å². The van der Waals surface area contributed by atoms with Crippen LogP contribution in [0, 0.1) is 11.8 Å². The van der Waals surface area contributed by atoms with Gasteiger partial charge in [0.25, 0.3) is 0 Å². The molecule has 1 aliphatic heterocycles. The molecule has 0 aliphatic carbocycles. The Balaban J connectivity index is 2.64. The van der Waals surface area contributed by atoms with E-state index in [4.69, 9.17) is 5.73 Å². The molecule has 84 valence electrons. The minimum Gasteiger partial charge on any atom is -0.329 e. The summed E-state index contributed by atoms with van der Waals surface area (Å²) in [4.78, 5) is 2.62. The van der Waals surface area contributed by atoms with Crippen LogP contribution in [0.4, 0.5) is 0 Å². The van der Waals surface area contributed by atoms with Crippen LogP contribution < -0.4 is 5.73 Å². The van der Waals surface area contributed by atoms with E-state index in [1.54, 1.807) is 0 Å². The lowest BCUT2D eigenvalue weighted by atomic mass is 9.88. The van der Waals surface area contributed by atoms with Gasteiger partial charge in [-0.3, -0.25) is 4.90 Å². The molecule has 1 fully saturated rings. The lowest BCUT2D eigenvalue weighted by molar-refractivity contribution is 0.0501. The molecule has 0 aromatic heterocycles. The molecule has 1 heterocycles. The first-order valence-electron chi connectivity index (χ1n) is 6.03. The lowest BCUT2D eigenvalue weighted by Gasteiger charge is -2.44. The normalized spacial score (nSPS) is 32.1. The maximum atomic E-state index is 5.88. The quantitative estimate of drug-likeness (QED) is 0.752. The molecule has 2 nitrogen and oxygen atoms in total. The zero-order valence-electron chi connectivity index (χ0n) is 10.2. The predicted octanol–water partition coefficient (Wildman–Crippen LogP) is 2.09. The number of rotatable bonds is 3. The molecule has 0 amide bonds. The van der Waals surface area contributed by atoms with E-state index < -0.39 is 0 Å². The molecular formula is C12H26N2. The SMILES string of the molecule is CC(C)C(C)N1CCCC(C)C1CN. The van der Waals surface area contributed by atoms with Gasteiger partial charge in [-0.2, -0.15) is 0 Å². The van der Waals surface area contributed by atoms with Gasteiger partial charge in [-0.15, -0.1) is 0 Å². The van der Waals surface area contributed by atoms with E-state index in [0.29, 0.717) is 12.1 Å². The molecule has 2 N–H and O–H groups in total.